The molecule has 0 aliphatic carbocycles. The monoisotopic (exact) mass is 379 g/mol. The largest absolute Gasteiger partial charge is 0.336 e. The molecule has 1 fully saturated rings. The van der Waals surface area contributed by atoms with Crippen LogP contribution >= 0.6 is 23.7 Å². The first-order chi connectivity index (χ1) is 11.7. The number of carbonyl (C=O) groups is 2. The predicted octanol–water partition coefficient (Wildman–Crippen LogP) is 3.03. The first kappa shape index (κ1) is 19.4. The van der Waals surface area contributed by atoms with E-state index in [1.54, 1.807) is 6.07 Å². The standard InChI is InChI=1S/C18H21N3O2S.ClH/c1-2-13-3-5-14(6-4-13)16(22)20-17-15(7-12-24-17)18(23)21-10-8-19-9-11-21;/h3-7,12,19H,2,8-11H2,1H3,(H,20,22);1H. The number of benzene rings is 1. The van der Waals surface area contributed by atoms with Gasteiger partial charge in [-0.05, 0) is 35.6 Å². The molecule has 1 saturated heterocycles. The van der Waals surface area contributed by atoms with E-state index in [-0.39, 0.29) is 24.2 Å². The minimum Gasteiger partial charge on any atom is -0.336 e. The number of anilines is 1. The van der Waals surface area contributed by atoms with Crippen molar-refractivity contribution in [2.24, 2.45) is 0 Å². The fraction of sp³-hybridized carbons (Fsp3) is 0.333. The van der Waals surface area contributed by atoms with Crippen molar-refractivity contribution in [3.8, 4) is 0 Å². The van der Waals surface area contributed by atoms with E-state index >= 15 is 0 Å². The van der Waals surface area contributed by atoms with Crippen molar-refractivity contribution in [2.45, 2.75) is 13.3 Å². The number of nitrogens with zero attached hydrogens (tertiary/aromatic N) is 1. The van der Waals surface area contributed by atoms with E-state index in [1.165, 1.54) is 16.9 Å². The third kappa shape index (κ3) is 4.60. The molecule has 1 aliphatic heterocycles. The van der Waals surface area contributed by atoms with Gasteiger partial charge in [0.15, 0.2) is 0 Å². The van der Waals surface area contributed by atoms with Crippen molar-refractivity contribution in [2.75, 3.05) is 31.5 Å². The van der Waals surface area contributed by atoms with Crippen LogP contribution < -0.4 is 10.6 Å². The minimum atomic E-state index is -0.186. The maximum atomic E-state index is 12.6. The summed E-state index contributed by atoms with van der Waals surface area (Å²) in [6, 6.07) is 9.33. The lowest BCUT2D eigenvalue weighted by atomic mass is 10.1. The molecule has 0 unspecified atom stereocenters. The average molecular weight is 380 g/mol. The van der Waals surface area contributed by atoms with Crippen LogP contribution in [0.2, 0.25) is 0 Å². The number of hydrogen-bond acceptors (Lipinski definition) is 4. The van der Waals surface area contributed by atoms with Crippen molar-refractivity contribution in [3.63, 3.8) is 0 Å². The first-order valence-electron chi connectivity index (χ1n) is 8.17. The van der Waals surface area contributed by atoms with Crippen molar-refractivity contribution < 1.29 is 9.59 Å². The second kappa shape index (κ2) is 8.99. The smallest absolute Gasteiger partial charge is 0.256 e. The number of halogens is 1. The summed E-state index contributed by atoms with van der Waals surface area (Å²) in [6.07, 6.45) is 0.941. The molecular weight excluding hydrogens is 358 g/mol. The maximum absolute atomic E-state index is 12.6. The van der Waals surface area contributed by atoms with Gasteiger partial charge in [0.2, 0.25) is 0 Å². The number of piperazine rings is 1. The SMILES string of the molecule is CCc1ccc(C(=O)Nc2sccc2C(=O)N2CCNCC2)cc1.Cl. The van der Waals surface area contributed by atoms with Gasteiger partial charge >= 0.3 is 0 Å². The lowest BCUT2D eigenvalue weighted by molar-refractivity contribution is 0.0737. The molecule has 7 heteroatoms. The highest BCUT2D eigenvalue weighted by Crippen LogP contribution is 2.25. The summed E-state index contributed by atoms with van der Waals surface area (Å²) < 4.78 is 0. The molecule has 2 amide bonds. The third-order valence-electron chi connectivity index (χ3n) is 4.15. The summed E-state index contributed by atoms with van der Waals surface area (Å²) in [5.74, 6) is -0.205. The summed E-state index contributed by atoms with van der Waals surface area (Å²) in [7, 11) is 0. The van der Waals surface area contributed by atoms with Crippen LogP contribution in [-0.4, -0.2) is 42.9 Å². The molecule has 1 aromatic carbocycles. The Labute approximate surface area is 157 Å². The highest BCUT2D eigenvalue weighted by Gasteiger charge is 2.22. The van der Waals surface area contributed by atoms with E-state index in [1.807, 2.05) is 34.5 Å². The minimum absolute atomic E-state index is 0. The quantitative estimate of drug-likeness (QED) is 0.858. The Morgan fingerprint density at radius 3 is 2.48 bits per heavy atom. The third-order valence-corrected chi connectivity index (χ3v) is 4.98. The Hall–Kier alpha value is -1.89. The van der Waals surface area contributed by atoms with Crippen LogP contribution in [0.3, 0.4) is 0 Å². The number of rotatable bonds is 4. The van der Waals surface area contributed by atoms with Gasteiger partial charge in [0.25, 0.3) is 11.8 Å². The van der Waals surface area contributed by atoms with E-state index in [9.17, 15) is 9.59 Å². The fourth-order valence-corrected chi connectivity index (χ4v) is 3.45. The zero-order valence-corrected chi connectivity index (χ0v) is 15.7. The Kier molecular flexibility index (Phi) is 6.99. The number of nitrogens with one attached hydrogen (secondary N) is 2. The van der Waals surface area contributed by atoms with Gasteiger partial charge in [-0.25, -0.2) is 0 Å². The molecule has 0 saturated carbocycles. The normalized spacial score (nSPS) is 13.9. The zero-order valence-electron chi connectivity index (χ0n) is 14.1. The summed E-state index contributed by atoms with van der Waals surface area (Å²) in [5, 5.41) is 8.56. The maximum Gasteiger partial charge on any atom is 0.256 e. The summed E-state index contributed by atoms with van der Waals surface area (Å²) in [5.41, 5.74) is 2.36. The predicted molar refractivity (Wildman–Crippen MR) is 104 cm³/mol. The Morgan fingerprint density at radius 1 is 1.16 bits per heavy atom. The van der Waals surface area contributed by atoms with Gasteiger partial charge in [0.1, 0.15) is 5.00 Å². The van der Waals surface area contributed by atoms with E-state index < -0.39 is 0 Å². The molecule has 3 rings (SSSR count). The lowest BCUT2D eigenvalue weighted by Crippen LogP contribution is -2.46. The number of hydrogen-bond donors (Lipinski definition) is 2. The van der Waals surface area contributed by atoms with Gasteiger partial charge in [-0.1, -0.05) is 19.1 Å². The van der Waals surface area contributed by atoms with Gasteiger partial charge in [0, 0.05) is 31.7 Å². The zero-order chi connectivity index (χ0) is 16.9. The van der Waals surface area contributed by atoms with Gasteiger partial charge in [-0.3, -0.25) is 9.59 Å². The molecule has 0 spiro atoms. The average Bonchev–Trinajstić information content (AvgIpc) is 3.10. The van der Waals surface area contributed by atoms with Crippen LogP contribution in [0.1, 0.15) is 33.2 Å². The Bertz CT molecular complexity index is 724. The highest BCUT2D eigenvalue weighted by molar-refractivity contribution is 7.14. The van der Waals surface area contributed by atoms with Crippen molar-refractivity contribution in [1.29, 1.82) is 0 Å². The number of carbonyl (C=O) groups excluding carboxylic acids is 2. The lowest BCUT2D eigenvalue weighted by Gasteiger charge is -2.27. The summed E-state index contributed by atoms with van der Waals surface area (Å²) in [4.78, 5) is 26.9. The molecule has 25 heavy (non-hydrogen) atoms. The van der Waals surface area contributed by atoms with Crippen LogP contribution in [0, 0.1) is 0 Å². The van der Waals surface area contributed by atoms with Crippen LogP contribution in [0.4, 0.5) is 5.00 Å². The van der Waals surface area contributed by atoms with Gasteiger partial charge < -0.3 is 15.5 Å². The molecule has 5 nitrogen and oxygen atoms in total. The topological polar surface area (TPSA) is 61.4 Å². The molecule has 2 heterocycles. The van der Waals surface area contributed by atoms with Gasteiger partial charge in [-0.15, -0.1) is 23.7 Å². The van der Waals surface area contributed by atoms with Crippen molar-refractivity contribution >= 4 is 40.6 Å². The fourth-order valence-electron chi connectivity index (χ4n) is 2.68. The number of thiophene rings is 1. The van der Waals surface area contributed by atoms with Gasteiger partial charge in [0.05, 0.1) is 5.56 Å². The van der Waals surface area contributed by atoms with Crippen LogP contribution in [0.15, 0.2) is 35.7 Å². The van der Waals surface area contributed by atoms with E-state index in [0.29, 0.717) is 29.2 Å². The summed E-state index contributed by atoms with van der Waals surface area (Å²) in [6.45, 7) is 5.08. The summed E-state index contributed by atoms with van der Waals surface area (Å²) >= 11 is 1.38. The molecule has 134 valence electrons. The Balaban J connectivity index is 0.00000225. The van der Waals surface area contributed by atoms with Crippen LogP contribution in [0.25, 0.3) is 0 Å². The molecule has 2 aromatic rings. The van der Waals surface area contributed by atoms with E-state index in [4.69, 9.17) is 0 Å². The molecule has 1 aromatic heterocycles. The second-order valence-electron chi connectivity index (χ2n) is 5.71. The molecular formula is C18H22ClN3O2S. The molecule has 0 bridgehead atoms. The number of amides is 2. The first-order valence-corrected chi connectivity index (χ1v) is 9.04. The van der Waals surface area contributed by atoms with Crippen molar-refractivity contribution in [1.82, 2.24) is 10.2 Å². The second-order valence-corrected chi connectivity index (χ2v) is 6.63. The molecule has 2 N–H and O–H groups in total. The van der Waals surface area contributed by atoms with E-state index in [0.717, 1.165) is 19.5 Å². The molecule has 1 aliphatic rings. The van der Waals surface area contributed by atoms with Crippen molar-refractivity contribution in [3.05, 3.63) is 52.4 Å². The van der Waals surface area contributed by atoms with Crippen LogP contribution in [0.5, 0.6) is 0 Å². The highest BCUT2D eigenvalue weighted by atomic mass is 35.5. The van der Waals surface area contributed by atoms with E-state index in [2.05, 4.69) is 17.6 Å². The molecule has 0 atom stereocenters. The Morgan fingerprint density at radius 2 is 1.84 bits per heavy atom. The van der Waals surface area contributed by atoms with Crippen LogP contribution in [-0.2, 0) is 6.42 Å². The molecule has 0 radical (unpaired) electrons. The number of aryl methyl sites for hydroxylation is 1. The van der Waals surface area contributed by atoms with Gasteiger partial charge in [-0.2, -0.15) is 0 Å².